The van der Waals surface area contributed by atoms with Crippen molar-refractivity contribution in [2.75, 3.05) is 18.1 Å². The third kappa shape index (κ3) is 7.35. The number of rotatable bonds is 11. The molecule has 1 aromatic carbocycles. The second-order valence-corrected chi connectivity index (χ2v) is 8.42. The van der Waals surface area contributed by atoms with Crippen molar-refractivity contribution in [3.63, 3.8) is 0 Å². The maximum absolute atomic E-state index is 14.1. The Morgan fingerprint density at radius 3 is 1.34 bits per heavy atom. The molecule has 47 heavy (non-hydrogen) atoms. The molecule has 0 N–H and O–H groups in total. The molecule has 0 unspecified atom stereocenters. The van der Waals surface area contributed by atoms with E-state index in [-0.39, 0.29) is 18.2 Å². The minimum atomic E-state index is -7.37. The van der Waals surface area contributed by atoms with Gasteiger partial charge in [0, 0.05) is 11.8 Å². The summed E-state index contributed by atoms with van der Waals surface area (Å²) in [5.74, 6) is -55.8. The van der Waals surface area contributed by atoms with Gasteiger partial charge in [0.25, 0.3) is 0 Å². The summed E-state index contributed by atoms with van der Waals surface area (Å²) >= 11 is 0. The van der Waals surface area contributed by atoms with Crippen LogP contribution in [0.2, 0.25) is 0 Å². The Morgan fingerprint density at radius 2 is 0.936 bits per heavy atom. The highest BCUT2D eigenvalue weighted by molar-refractivity contribution is 5.99. The van der Waals surface area contributed by atoms with Gasteiger partial charge in [0.15, 0.2) is 0 Å². The van der Waals surface area contributed by atoms with Crippen LogP contribution in [0.3, 0.4) is 0 Å². The van der Waals surface area contributed by atoms with E-state index in [0.29, 0.717) is 0 Å². The molecule has 0 aliphatic rings. The Labute approximate surface area is 242 Å². The van der Waals surface area contributed by atoms with E-state index in [1.165, 1.54) is 0 Å². The summed E-state index contributed by atoms with van der Waals surface area (Å²) in [5, 5.41) is 0. The zero-order chi connectivity index (χ0) is 37.6. The van der Waals surface area contributed by atoms with Crippen molar-refractivity contribution in [1.29, 1.82) is 0 Å². The highest BCUT2D eigenvalue weighted by Gasteiger charge is 2.79. The lowest BCUT2D eigenvalue weighted by molar-refractivity contribution is -0.348. The molecule has 0 heterocycles. The van der Waals surface area contributed by atoms with Crippen LogP contribution in [0.4, 0.5) is 97.9 Å². The van der Waals surface area contributed by atoms with Crippen LogP contribution in [0.1, 0.15) is 0 Å². The fraction of sp³-hybridized carbons (Fsp3) is 0.550. The summed E-state index contributed by atoms with van der Waals surface area (Å²) in [6.07, 6.45) is -21.6. The lowest BCUT2D eigenvalue weighted by Crippen LogP contribution is -2.61. The number of esters is 2. The largest absolute Gasteiger partial charge is 0.460 e. The van der Waals surface area contributed by atoms with Gasteiger partial charge >= 0.3 is 71.9 Å². The number of alkyl halides is 21. The molecule has 1 rings (SSSR count). The predicted octanol–water partition coefficient (Wildman–Crippen LogP) is 6.97. The molecule has 0 spiro atoms. The second-order valence-electron chi connectivity index (χ2n) is 8.42. The fourth-order valence-electron chi connectivity index (χ4n) is 2.65. The number of carbonyl (C=O) groups excluding carboxylic acids is 3. The van der Waals surface area contributed by atoms with Crippen molar-refractivity contribution in [2.24, 2.45) is 0 Å². The van der Waals surface area contributed by atoms with Crippen molar-refractivity contribution in [2.45, 2.75) is 54.1 Å². The lowest BCUT2D eigenvalue weighted by Gasteiger charge is -2.32. The van der Waals surface area contributed by atoms with Gasteiger partial charge in [-0.1, -0.05) is 6.07 Å². The average molecular weight is 741 g/mol. The van der Waals surface area contributed by atoms with Crippen molar-refractivity contribution in [3.8, 4) is 5.75 Å². The maximum atomic E-state index is 14.1. The molecule has 1 aromatic rings. The van der Waals surface area contributed by atoms with Crippen molar-refractivity contribution < 1.29 is 116 Å². The molecule has 0 aliphatic heterocycles. The molecule has 0 aromatic heterocycles. The third-order valence-corrected chi connectivity index (χ3v) is 5.17. The Balaban J connectivity index is 3.59. The topological polar surface area (TPSA) is 72.9 Å². The summed E-state index contributed by atoms with van der Waals surface area (Å²) in [7, 11) is 0. The number of anilines is 1. The minimum Gasteiger partial charge on any atom is -0.459 e. The molecular formula is C20H8F21NO5. The first-order valence-corrected chi connectivity index (χ1v) is 10.8. The van der Waals surface area contributed by atoms with E-state index < -0.39 is 107 Å². The first-order chi connectivity index (χ1) is 20.5. The number of ether oxygens (including phenoxy) is 2. The van der Waals surface area contributed by atoms with E-state index in [0.717, 1.165) is 0 Å². The quantitative estimate of drug-likeness (QED) is 0.139. The zero-order valence-corrected chi connectivity index (χ0v) is 21.1. The molecule has 0 saturated heterocycles. The van der Waals surface area contributed by atoms with Gasteiger partial charge in [0.1, 0.15) is 12.4 Å². The molecule has 0 bridgehead atoms. The van der Waals surface area contributed by atoms with E-state index in [1.54, 1.807) is 0 Å². The van der Waals surface area contributed by atoms with Gasteiger partial charge in [-0.2, -0.15) is 92.2 Å². The standard InChI is InChI=1S/C20H8F21NO5/c21-12(22,15(27,28)18(33,34)35)9(43)42(4-5-46-10(44)13(23,24)16(29,30)19(36,37)38)7-2-1-3-8(6-7)47-11(45)14(25,26)17(31,32)20(39,40)41/h1-3,6H,4-5H2. The van der Waals surface area contributed by atoms with Crippen LogP contribution in [0, 0.1) is 0 Å². The van der Waals surface area contributed by atoms with Crippen molar-refractivity contribution in [1.82, 2.24) is 0 Å². The Morgan fingerprint density at radius 1 is 0.553 bits per heavy atom. The zero-order valence-electron chi connectivity index (χ0n) is 21.1. The normalized spacial score (nSPS) is 14.5. The van der Waals surface area contributed by atoms with Gasteiger partial charge in [0.05, 0.1) is 6.54 Å². The van der Waals surface area contributed by atoms with Gasteiger partial charge in [-0.05, 0) is 12.1 Å². The first-order valence-electron chi connectivity index (χ1n) is 10.8. The summed E-state index contributed by atoms with van der Waals surface area (Å²) in [6, 6.07) is -0.127. The van der Waals surface area contributed by atoms with E-state index in [9.17, 15) is 107 Å². The van der Waals surface area contributed by atoms with Gasteiger partial charge < -0.3 is 14.4 Å². The molecule has 0 saturated carbocycles. The Bertz CT molecular complexity index is 1330. The van der Waals surface area contributed by atoms with Crippen LogP contribution >= 0.6 is 0 Å². The van der Waals surface area contributed by atoms with Gasteiger partial charge in [-0.3, -0.25) is 4.79 Å². The number of amides is 1. The van der Waals surface area contributed by atoms with E-state index >= 15 is 0 Å². The number of carbonyl (C=O) groups is 3. The van der Waals surface area contributed by atoms with Crippen LogP contribution in [0.25, 0.3) is 0 Å². The molecule has 0 aliphatic carbocycles. The van der Waals surface area contributed by atoms with Crippen LogP contribution in [0.5, 0.6) is 5.75 Å². The second kappa shape index (κ2) is 12.3. The smallest absolute Gasteiger partial charge is 0.459 e. The molecule has 1 amide bonds. The van der Waals surface area contributed by atoms with Crippen molar-refractivity contribution in [3.05, 3.63) is 24.3 Å². The SMILES string of the molecule is O=C(OCCN(C(=O)C(F)(F)C(F)(F)C(F)(F)F)c1cccc(OC(=O)C(F)(F)C(F)(F)C(F)(F)F)c1)C(F)(F)C(F)(F)C(F)(F)F. The fourth-order valence-corrected chi connectivity index (χ4v) is 2.65. The monoisotopic (exact) mass is 741 g/mol. The number of nitrogens with zero attached hydrogens (tertiary/aromatic N) is 1. The molecular weight excluding hydrogens is 733 g/mol. The van der Waals surface area contributed by atoms with E-state index in [1.807, 2.05) is 0 Å². The Kier molecular flexibility index (Phi) is 10.8. The number of benzene rings is 1. The maximum Gasteiger partial charge on any atom is 0.460 e. The molecule has 0 atom stereocenters. The average Bonchev–Trinajstić information content (AvgIpc) is 2.88. The highest BCUT2D eigenvalue weighted by Crippen LogP contribution is 2.50. The molecule has 270 valence electrons. The summed E-state index contributed by atoms with van der Waals surface area (Å²) < 4.78 is 279. The highest BCUT2D eigenvalue weighted by atomic mass is 19.4. The van der Waals surface area contributed by atoms with Gasteiger partial charge in [-0.15, -0.1) is 0 Å². The van der Waals surface area contributed by atoms with Crippen LogP contribution in [-0.2, 0) is 19.1 Å². The lowest BCUT2D eigenvalue weighted by atomic mass is 10.1. The minimum absolute atomic E-state index is 0.0493. The predicted molar refractivity (Wildman–Crippen MR) is 103 cm³/mol. The Hall–Kier alpha value is -3.84. The number of hydrogen-bond acceptors (Lipinski definition) is 5. The summed E-state index contributed by atoms with van der Waals surface area (Å²) in [4.78, 5) is 33.5. The summed E-state index contributed by atoms with van der Waals surface area (Å²) in [6.45, 7) is -4.66. The molecule has 0 fully saturated rings. The van der Waals surface area contributed by atoms with Gasteiger partial charge in [0.2, 0.25) is 0 Å². The van der Waals surface area contributed by atoms with Crippen LogP contribution < -0.4 is 9.64 Å². The summed E-state index contributed by atoms with van der Waals surface area (Å²) in [5.41, 5.74) is -1.77. The van der Waals surface area contributed by atoms with E-state index in [4.69, 9.17) is 0 Å². The van der Waals surface area contributed by atoms with E-state index in [2.05, 4.69) is 9.47 Å². The number of halogens is 21. The first kappa shape index (κ1) is 41.2. The van der Waals surface area contributed by atoms with Crippen LogP contribution in [0.15, 0.2) is 24.3 Å². The third-order valence-electron chi connectivity index (χ3n) is 5.17. The number of hydrogen-bond donors (Lipinski definition) is 0. The molecule has 6 nitrogen and oxygen atoms in total. The van der Waals surface area contributed by atoms with Crippen molar-refractivity contribution >= 4 is 23.5 Å². The van der Waals surface area contributed by atoms with Gasteiger partial charge in [-0.25, -0.2) is 9.59 Å². The molecule has 0 radical (unpaired) electrons. The molecule has 27 heteroatoms. The van der Waals surface area contributed by atoms with Crippen LogP contribution in [-0.4, -0.2) is 85.1 Å².